The monoisotopic (exact) mass is 1190 g/mol. The van der Waals surface area contributed by atoms with Crippen LogP contribution in [0.4, 0.5) is 0 Å². The maximum absolute atomic E-state index is 13.2. The molecule has 0 spiro atoms. The summed E-state index contributed by atoms with van der Waals surface area (Å²) >= 11 is 0. The van der Waals surface area contributed by atoms with Crippen molar-refractivity contribution in [1.82, 2.24) is 0 Å². The van der Waals surface area contributed by atoms with Crippen molar-refractivity contribution in [1.29, 1.82) is 0 Å². The Balaban J connectivity index is 2.67. The molecule has 0 aromatic heterocycles. The molecule has 12 heteroatoms. The summed E-state index contributed by atoms with van der Waals surface area (Å²) in [4.78, 5) is 51.5. The molecular formula is C73H124O12. The Bertz CT molecular complexity index is 1800. The van der Waals surface area contributed by atoms with E-state index in [1.165, 1.54) is 109 Å². The van der Waals surface area contributed by atoms with Crippen molar-refractivity contribution in [3.8, 4) is 0 Å². The molecule has 1 rings (SSSR count). The SMILES string of the molecule is CCCCC/C=C\C/C=C\C/C=C\CCCCCCCCC(=O)OCC(COC1OC(C(=O)O)C(O)C(O)C1OC(=O)CCCCCCCCC/C=C\CCCCCCCC)OC(=O)CCCCCCCC/C=C\C/C=C\C/C=C\CCCCC. The van der Waals surface area contributed by atoms with E-state index in [2.05, 4.69) is 106 Å². The van der Waals surface area contributed by atoms with Crippen LogP contribution in [-0.4, -0.2) is 89.2 Å². The number of hydrogen-bond acceptors (Lipinski definition) is 11. The summed E-state index contributed by atoms with van der Waals surface area (Å²) in [7, 11) is 0. The average Bonchev–Trinajstić information content (AvgIpc) is 3.46. The fraction of sp³-hybridized carbons (Fsp3) is 0.753. The van der Waals surface area contributed by atoms with Crippen LogP contribution in [0.3, 0.4) is 0 Å². The number of rotatable bonds is 59. The Hall–Kier alpha value is -4.10. The van der Waals surface area contributed by atoms with Crippen molar-refractivity contribution in [3.05, 3.63) is 85.1 Å². The van der Waals surface area contributed by atoms with E-state index in [9.17, 15) is 34.5 Å². The lowest BCUT2D eigenvalue weighted by molar-refractivity contribution is -0.301. The third-order valence-corrected chi connectivity index (χ3v) is 15.4. The first-order valence-electron chi connectivity index (χ1n) is 34.6. The van der Waals surface area contributed by atoms with Gasteiger partial charge in [0, 0.05) is 19.3 Å². The molecule has 1 heterocycles. The molecule has 6 atom stereocenters. The molecule has 1 saturated heterocycles. The summed E-state index contributed by atoms with van der Waals surface area (Å²) in [6.07, 6.45) is 66.7. The van der Waals surface area contributed by atoms with Crippen molar-refractivity contribution < 1.29 is 58.2 Å². The number of aliphatic hydroxyl groups excluding tert-OH is 2. The van der Waals surface area contributed by atoms with Crippen molar-refractivity contribution >= 4 is 23.9 Å². The predicted molar refractivity (Wildman–Crippen MR) is 349 cm³/mol. The number of hydrogen-bond donors (Lipinski definition) is 3. The first kappa shape index (κ1) is 78.9. The molecule has 0 aromatic rings. The molecule has 12 nitrogen and oxygen atoms in total. The summed E-state index contributed by atoms with van der Waals surface area (Å²) in [5.41, 5.74) is 0. The number of carboxylic acid groups (broad SMARTS) is 1. The summed E-state index contributed by atoms with van der Waals surface area (Å²) in [5.74, 6) is -3.15. The van der Waals surface area contributed by atoms with Gasteiger partial charge >= 0.3 is 23.9 Å². The van der Waals surface area contributed by atoms with E-state index < -0.39 is 67.3 Å². The van der Waals surface area contributed by atoms with Crippen LogP contribution in [0.1, 0.15) is 303 Å². The highest BCUT2D eigenvalue weighted by Gasteiger charge is 2.50. The zero-order valence-electron chi connectivity index (χ0n) is 54.1. The molecule has 3 N–H and O–H groups in total. The van der Waals surface area contributed by atoms with Crippen molar-refractivity contribution in [2.75, 3.05) is 13.2 Å². The smallest absolute Gasteiger partial charge is 0.335 e. The van der Waals surface area contributed by atoms with Crippen LogP contribution in [-0.2, 0) is 42.9 Å². The molecule has 85 heavy (non-hydrogen) atoms. The summed E-state index contributed by atoms with van der Waals surface area (Å²) < 4.78 is 28.6. The standard InChI is InChI=1S/C73H124O12/c1-4-7-10-13-16-19-22-25-28-31-33-36-38-41-44-47-50-53-56-59-65(74)81-62-64(83-66(75)60-57-54-51-48-45-42-40-37-34-32-29-26-23-20-17-14-11-8-5-2)63-82-73-71(69(78)68(77)70(85-73)72(79)80)84-67(76)61-58-55-52-49-46-43-39-35-30-27-24-21-18-15-12-9-6-3/h16-17,19-20,25-30,33-34,36-37,64,68-71,73,77-78H,4-15,18,21-24,31-32,35,38-63H2,1-3H3,(H,79,80)/b19-16-,20-17-,28-25-,29-26-,30-27-,36-33-,37-34-. The lowest BCUT2D eigenvalue weighted by atomic mass is 9.98. The second kappa shape index (κ2) is 60.2. The summed E-state index contributed by atoms with van der Waals surface area (Å²) in [6, 6.07) is 0. The molecule has 488 valence electrons. The highest BCUT2D eigenvalue weighted by Crippen LogP contribution is 2.27. The fourth-order valence-electron chi connectivity index (χ4n) is 10.1. The quantitative estimate of drug-likeness (QED) is 0.0228. The van der Waals surface area contributed by atoms with Crippen molar-refractivity contribution in [2.24, 2.45) is 0 Å². The Labute approximate surface area is 518 Å². The number of carbonyl (C=O) groups excluding carboxylic acids is 3. The molecule has 0 bridgehead atoms. The minimum Gasteiger partial charge on any atom is -0.479 e. The van der Waals surface area contributed by atoms with E-state index in [0.717, 1.165) is 135 Å². The van der Waals surface area contributed by atoms with Crippen LogP contribution in [0, 0.1) is 0 Å². The fourth-order valence-corrected chi connectivity index (χ4v) is 10.1. The van der Waals surface area contributed by atoms with Crippen LogP contribution in [0.2, 0.25) is 0 Å². The predicted octanol–water partition coefficient (Wildman–Crippen LogP) is 19.0. The van der Waals surface area contributed by atoms with Crippen LogP contribution < -0.4 is 0 Å². The van der Waals surface area contributed by atoms with E-state index in [4.69, 9.17) is 23.7 Å². The van der Waals surface area contributed by atoms with E-state index in [1.807, 2.05) is 0 Å². The van der Waals surface area contributed by atoms with Crippen LogP contribution in [0.25, 0.3) is 0 Å². The highest BCUT2D eigenvalue weighted by molar-refractivity contribution is 5.74. The van der Waals surface area contributed by atoms with E-state index in [1.54, 1.807) is 0 Å². The number of unbranched alkanes of at least 4 members (excludes halogenated alkanes) is 31. The van der Waals surface area contributed by atoms with Gasteiger partial charge in [-0.1, -0.05) is 247 Å². The molecule has 1 aliphatic rings. The van der Waals surface area contributed by atoms with Gasteiger partial charge in [0.25, 0.3) is 0 Å². The third-order valence-electron chi connectivity index (χ3n) is 15.4. The molecule has 0 radical (unpaired) electrons. The van der Waals surface area contributed by atoms with Crippen LogP contribution >= 0.6 is 0 Å². The zero-order chi connectivity index (χ0) is 61.7. The molecule has 0 amide bonds. The maximum Gasteiger partial charge on any atom is 0.335 e. The van der Waals surface area contributed by atoms with Gasteiger partial charge in [0.2, 0.25) is 0 Å². The minimum atomic E-state index is -1.91. The largest absolute Gasteiger partial charge is 0.479 e. The maximum atomic E-state index is 13.2. The first-order valence-corrected chi connectivity index (χ1v) is 34.6. The molecule has 0 saturated carbocycles. The zero-order valence-corrected chi connectivity index (χ0v) is 54.1. The Morgan fingerprint density at radius 3 is 1.11 bits per heavy atom. The van der Waals surface area contributed by atoms with Gasteiger partial charge < -0.3 is 39.0 Å². The van der Waals surface area contributed by atoms with Gasteiger partial charge in [-0.25, -0.2) is 4.79 Å². The number of ether oxygens (including phenoxy) is 5. The van der Waals surface area contributed by atoms with Crippen LogP contribution in [0.5, 0.6) is 0 Å². The van der Waals surface area contributed by atoms with Crippen molar-refractivity contribution in [3.63, 3.8) is 0 Å². The van der Waals surface area contributed by atoms with Gasteiger partial charge in [0.1, 0.15) is 18.8 Å². The number of carbonyl (C=O) groups is 4. The van der Waals surface area contributed by atoms with E-state index >= 15 is 0 Å². The van der Waals surface area contributed by atoms with E-state index in [0.29, 0.717) is 19.3 Å². The lowest BCUT2D eigenvalue weighted by Crippen LogP contribution is -2.61. The normalized spacial score (nSPS) is 18.0. The molecule has 1 aliphatic heterocycles. The van der Waals surface area contributed by atoms with Gasteiger partial charge in [-0.15, -0.1) is 0 Å². The molecular weight excluding hydrogens is 1070 g/mol. The number of esters is 3. The first-order chi connectivity index (χ1) is 41.6. The molecule has 0 aromatic carbocycles. The molecule has 1 fully saturated rings. The van der Waals surface area contributed by atoms with Gasteiger partial charge in [0.15, 0.2) is 24.6 Å². The third kappa shape index (κ3) is 49.6. The number of aliphatic carboxylic acids is 1. The molecule has 0 aliphatic carbocycles. The Kier molecular flexibility index (Phi) is 55.9. The highest BCUT2D eigenvalue weighted by atomic mass is 16.7. The second-order valence-electron chi connectivity index (χ2n) is 23.5. The number of aliphatic hydroxyl groups is 2. The van der Waals surface area contributed by atoms with E-state index in [-0.39, 0.29) is 25.9 Å². The summed E-state index contributed by atoms with van der Waals surface area (Å²) in [5, 5.41) is 31.7. The molecule has 6 unspecified atom stereocenters. The summed E-state index contributed by atoms with van der Waals surface area (Å²) in [6.45, 7) is 5.95. The van der Waals surface area contributed by atoms with Gasteiger partial charge in [0.05, 0.1) is 6.61 Å². The average molecular weight is 1190 g/mol. The van der Waals surface area contributed by atoms with Crippen LogP contribution in [0.15, 0.2) is 85.1 Å². The van der Waals surface area contributed by atoms with Gasteiger partial charge in [-0.3, -0.25) is 14.4 Å². The lowest BCUT2D eigenvalue weighted by Gasteiger charge is -2.40. The minimum absolute atomic E-state index is 0.0507. The van der Waals surface area contributed by atoms with Gasteiger partial charge in [-0.2, -0.15) is 0 Å². The topological polar surface area (TPSA) is 175 Å². The second-order valence-corrected chi connectivity index (χ2v) is 23.5. The number of carboxylic acids is 1. The Morgan fingerprint density at radius 2 is 0.706 bits per heavy atom. The Morgan fingerprint density at radius 1 is 0.388 bits per heavy atom. The van der Waals surface area contributed by atoms with Gasteiger partial charge in [-0.05, 0) is 122 Å². The van der Waals surface area contributed by atoms with Crippen molar-refractivity contribution in [2.45, 2.75) is 340 Å². The number of allylic oxidation sites excluding steroid dienone is 14.